The Bertz CT molecular complexity index is 171. The summed E-state index contributed by atoms with van der Waals surface area (Å²) in [5.41, 5.74) is 0. The van der Waals surface area contributed by atoms with Crippen molar-refractivity contribution in [3.8, 4) is 0 Å². The minimum absolute atomic E-state index is 0.182. The van der Waals surface area contributed by atoms with Crippen molar-refractivity contribution in [3.63, 3.8) is 0 Å². The molecule has 3 nitrogen and oxygen atoms in total. The summed E-state index contributed by atoms with van der Waals surface area (Å²) >= 11 is 3.26. The number of aldehydes is 1. The lowest BCUT2D eigenvalue weighted by Crippen LogP contribution is -2.15. The zero-order valence-electron chi connectivity index (χ0n) is 8.50. The Morgan fingerprint density at radius 3 is 2.57 bits per heavy atom. The fraction of sp³-hybridized carbons (Fsp3) is 0.800. The van der Waals surface area contributed by atoms with E-state index in [2.05, 4.69) is 20.7 Å². The number of carbonyl (C=O) groups excluding carboxylic acids is 2. The van der Waals surface area contributed by atoms with Crippen molar-refractivity contribution >= 4 is 28.2 Å². The highest BCUT2D eigenvalue weighted by Crippen LogP contribution is 2.13. The van der Waals surface area contributed by atoms with Crippen LogP contribution in [0, 0.1) is 0 Å². The van der Waals surface area contributed by atoms with Crippen LogP contribution in [0.15, 0.2) is 0 Å². The first-order valence-electron chi connectivity index (χ1n) is 4.88. The van der Waals surface area contributed by atoms with Gasteiger partial charge in [-0.1, -0.05) is 35.2 Å². The second-order valence-electron chi connectivity index (χ2n) is 3.15. The number of alkyl halides is 1. The monoisotopic (exact) mass is 264 g/mol. The third-order valence-corrected chi connectivity index (χ3v) is 2.82. The Hall–Kier alpha value is -0.380. The standard InChI is InChI=1S/C10H17BrO3/c1-14-10(13)9(11)7-5-3-2-4-6-8-12/h8-9H,2-7H2,1H3. The number of ether oxygens (including phenoxy) is 1. The van der Waals surface area contributed by atoms with Gasteiger partial charge in [-0.25, -0.2) is 0 Å². The van der Waals surface area contributed by atoms with Gasteiger partial charge in [0.2, 0.25) is 0 Å². The molecule has 0 aromatic heterocycles. The van der Waals surface area contributed by atoms with E-state index in [1.54, 1.807) is 0 Å². The Labute approximate surface area is 93.3 Å². The van der Waals surface area contributed by atoms with Crippen molar-refractivity contribution in [1.82, 2.24) is 0 Å². The number of halogens is 1. The SMILES string of the molecule is COC(=O)C(Br)CCCCCCC=O. The minimum Gasteiger partial charge on any atom is -0.468 e. The summed E-state index contributed by atoms with van der Waals surface area (Å²) in [4.78, 5) is 20.8. The topological polar surface area (TPSA) is 43.4 Å². The van der Waals surface area contributed by atoms with Crippen LogP contribution in [0.25, 0.3) is 0 Å². The predicted octanol–water partition coefficient (Wildman–Crippen LogP) is 2.46. The van der Waals surface area contributed by atoms with Crippen molar-refractivity contribution < 1.29 is 14.3 Å². The van der Waals surface area contributed by atoms with Crippen LogP contribution in [0.3, 0.4) is 0 Å². The molecule has 0 saturated carbocycles. The molecule has 0 aliphatic rings. The first kappa shape index (κ1) is 13.6. The van der Waals surface area contributed by atoms with Gasteiger partial charge in [-0.15, -0.1) is 0 Å². The van der Waals surface area contributed by atoms with Gasteiger partial charge in [-0.05, 0) is 12.8 Å². The lowest BCUT2D eigenvalue weighted by molar-refractivity contribution is -0.139. The van der Waals surface area contributed by atoms with Gasteiger partial charge in [0.05, 0.1) is 7.11 Å². The van der Waals surface area contributed by atoms with E-state index in [0.29, 0.717) is 6.42 Å². The van der Waals surface area contributed by atoms with Crippen molar-refractivity contribution in [2.75, 3.05) is 7.11 Å². The predicted molar refractivity (Wildman–Crippen MR) is 58.5 cm³/mol. The van der Waals surface area contributed by atoms with Crippen LogP contribution in [0.4, 0.5) is 0 Å². The van der Waals surface area contributed by atoms with Crippen LogP contribution in [0.5, 0.6) is 0 Å². The Kier molecular flexibility index (Phi) is 8.94. The molecule has 0 aliphatic heterocycles. The summed E-state index contributed by atoms with van der Waals surface area (Å²) in [5.74, 6) is -0.210. The fourth-order valence-corrected chi connectivity index (χ4v) is 1.66. The lowest BCUT2D eigenvalue weighted by atomic mass is 10.1. The second kappa shape index (κ2) is 9.19. The molecule has 0 fully saturated rings. The van der Waals surface area contributed by atoms with Gasteiger partial charge in [0.25, 0.3) is 0 Å². The third kappa shape index (κ3) is 7.06. The zero-order valence-corrected chi connectivity index (χ0v) is 10.1. The summed E-state index contributed by atoms with van der Waals surface area (Å²) in [6.07, 6.45) is 6.45. The number of rotatable bonds is 8. The fourth-order valence-electron chi connectivity index (χ4n) is 1.15. The summed E-state index contributed by atoms with van der Waals surface area (Å²) in [6, 6.07) is 0. The molecule has 82 valence electrons. The highest BCUT2D eigenvalue weighted by molar-refractivity contribution is 9.10. The molecule has 1 atom stereocenters. The maximum Gasteiger partial charge on any atom is 0.319 e. The van der Waals surface area contributed by atoms with E-state index in [0.717, 1.165) is 38.4 Å². The van der Waals surface area contributed by atoms with E-state index in [9.17, 15) is 9.59 Å². The largest absolute Gasteiger partial charge is 0.468 e. The van der Waals surface area contributed by atoms with E-state index in [1.165, 1.54) is 7.11 Å². The molecule has 0 radical (unpaired) electrons. The van der Waals surface area contributed by atoms with Crippen LogP contribution >= 0.6 is 15.9 Å². The number of esters is 1. The van der Waals surface area contributed by atoms with Crippen LogP contribution in [0.2, 0.25) is 0 Å². The summed E-state index contributed by atoms with van der Waals surface area (Å²) in [7, 11) is 1.39. The molecular weight excluding hydrogens is 248 g/mol. The quantitative estimate of drug-likeness (QED) is 0.293. The number of hydrogen-bond donors (Lipinski definition) is 0. The van der Waals surface area contributed by atoms with Crippen LogP contribution in [0.1, 0.15) is 38.5 Å². The molecule has 14 heavy (non-hydrogen) atoms. The molecule has 0 spiro atoms. The van der Waals surface area contributed by atoms with E-state index in [4.69, 9.17) is 0 Å². The molecule has 0 aromatic carbocycles. The maximum absolute atomic E-state index is 11.0. The van der Waals surface area contributed by atoms with Gasteiger partial charge in [-0.3, -0.25) is 4.79 Å². The zero-order chi connectivity index (χ0) is 10.8. The van der Waals surface area contributed by atoms with Gasteiger partial charge in [0, 0.05) is 6.42 Å². The van der Waals surface area contributed by atoms with E-state index in [1.807, 2.05) is 0 Å². The average Bonchev–Trinajstić information content (AvgIpc) is 2.21. The molecule has 1 unspecified atom stereocenters. The molecule has 4 heteroatoms. The third-order valence-electron chi connectivity index (χ3n) is 1.99. The molecule has 0 N–H and O–H groups in total. The highest BCUT2D eigenvalue weighted by atomic mass is 79.9. The minimum atomic E-state index is -0.210. The van der Waals surface area contributed by atoms with Gasteiger partial charge in [-0.2, -0.15) is 0 Å². The van der Waals surface area contributed by atoms with Crippen LogP contribution < -0.4 is 0 Å². The molecule has 0 bridgehead atoms. The van der Waals surface area contributed by atoms with E-state index < -0.39 is 0 Å². The summed E-state index contributed by atoms with van der Waals surface area (Å²) in [6.45, 7) is 0. The number of hydrogen-bond acceptors (Lipinski definition) is 3. The first-order valence-corrected chi connectivity index (χ1v) is 5.79. The van der Waals surface area contributed by atoms with E-state index in [-0.39, 0.29) is 10.8 Å². The van der Waals surface area contributed by atoms with Crippen LogP contribution in [-0.4, -0.2) is 24.2 Å². The summed E-state index contributed by atoms with van der Waals surface area (Å²) < 4.78 is 4.58. The Balaban J connectivity index is 3.27. The van der Waals surface area contributed by atoms with Gasteiger partial charge in [0.15, 0.2) is 0 Å². The second-order valence-corrected chi connectivity index (χ2v) is 4.25. The Morgan fingerprint density at radius 2 is 2.00 bits per heavy atom. The molecule has 0 rings (SSSR count). The maximum atomic E-state index is 11.0. The van der Waals surface area contributed by atoms with Gasteiger partial charge in [0.1, 0.15) is 11.1 Å². The molecule has 0 heterocycles. The Morgan fingerprint density at radius 1 is 1.36 bits per heavy atom. The van der Waals surface area contributed by atoms with Crippen molar-refractivity contribution in [3.05, 3.63) is 0 Å². The number of methoxy groups -OCH3 is 1. The molecule has 0 aromatic rings. The van der Waals surface area contributed by atoms with Gasteiger partial charge < -0.3 is 9.53 Å². The lowest BCUT2D eigenvalue weighted by Gasteiger charge is -2.06. The van der Waals surface area contributed by atoms with Crippen LogP contribution in [-0.2, 0) is 14.3 Å². The first-order chi connectivity index (χ1) is 6.72. The summed E-state index contributed by atoms with van der Waals surface area (Å²) in [5, 5.41) is 0. The molecular formula is C10H17BrO3. The highest BCUT2D eigenvalue weighted by Gasteiger charge is 2.13. The van der Waals surface area contributed by atoms with Crippen molar-refractivity contribution in [2.24, 2.45) is 0 Å². The average molecular weight is 265 g/mol. The van der Waals surface area contributed by atoms with Gasteiger partial charge >= 0.3 is 5.97 Å². The molecule has 0 saturated heterocycles. The smallest absolute Gasteiger partial charge is 0.319 e. The number of carbonyl (C=O) groups is 2. The van der Waals surface area contributed by atoms with E-state index >= 15 is 0 Å². The number of unbranched alkanes of at least 4 members (excludes halogenated alkanes) is 4. The van der Waals surface area contributed by atoms with Crippen molar-refractivity contribution in [1.29, 1.82) is 0 Å². The normalized spacial score (nSPS) is 12.1. The molecule has 0 aliphatic carbocycles. The molecule has 0 amide bonds. The van der Waals surface area contributed by atoms with Crippen molar-refractivity contribution in [2.45, 2.75) is 43.4 Å².